The maximum atomic E-state index is 4.37. The van der Waals surface area contributed by atoms with Crippen molar-refractivity contribution in [3.05, 3.63) is 58.3 Å². The second-order valence-corrected chi connectivity index (χ2v) is 8.30. The van der Waals surface area contributed by atoms with Crippen LogP contribution in [0.25, 0.3) is 0 Å². The maximum absolute atomic E-state index is 4.37. The molecule has 2 aromatic rings. The Labute approximate surface area is 167 Å². The normalized spacial score (nSPS) is 16.4. The monoisotopic (exact) mass is 384 g/mol. The van der Waals surface area contributed by atoms with Gasteiger partial charge in [0.15, 0.2) is 5.96 Å². The van der Waals surface area contributed by atoms with E-state index in [9.17, 15) is 0 Å². The van der Waals surface area contributed by atoms with Gasteiger partial charge in [-0.15, -0.1) is 11.3 Å². The summed E-state index contributed by atoms with van der Waals surface area (Å²) < 4.78 is 0. The SMILES string of the molecule is CN=C(NCCCc1ccccc1)NCC1CCN(Cc2cccs2)CC1. The van der Waals surface area contributed by atoms with E-state index < -0.39 is 0 Å². The van der Waals surface area contributed by atoms with Crippen molar-refractivity contribution in [3.8, 4) is 0 Å². The van der Waals surface area contributed by atoms with Crippen LogP contribution in [-0.2, 0) is 13.0 Å². The van der Waals surface area contributed by atoms with Gasteiger partial charge in [0, 0.05) is 31.6 Å². The van der Waals surface area contributed by atoms with Gasteiger partial charge in [-0.3, -0.25) is 9.89 Å². The highest BCUT2D eigenvalue weighted by Crippen LogP contribution is 2.20. The van der Waals surface area contributed by atoms with E-state index in [-0.39, 0.29) is 0 Å². The summed E-state index contributed by atoms with van der Waals surface area (Å²) in [6.07, 6.45) is 4.76. The molecule has 1 saturated heterocycles. The fourth-order valence-electron chi connectivity index (χ4n) is 3.58. The van der Waals surface area contributed by atoms with Crippen LogP contribution < -0.4 is 10.6 Å². The number of aliphatic imine (C=N–C) groups is 1. The number of thiophene rings is 1. The Morgan fingerprint density at radius 3 is 2.63 bits per heavy atom. The molecule has 1 aromatic heterocycles. The molecule has 1 fully saturated rings. The van der Waals surface area contributed by atoms with E-state index in [2.05, 4.69) is 68.4 Å². The van der Waals surface area contributed by atoms with E-state index in [4.69, 9.17) is 0 Å². The van der Waals surface area contributed by atoms with E-state index in [1.807, 2.05) is 18.4 Å². The van der Waals surface area contributed by atoms with Crippen molar-refractivity contribution in [2.24, 2.45) is 10.9 Å². The van der Waals surface area contributed by atoms with Crippen LogP contribution >= 0.6 is 11.3 Å². The van der Waals surface area contributed by atoms with Gasteiger partial charge < -0.3 is 10.6 Å². The smallest absolute Gasteiger partial charge is 0.190 e. The third-order valence-electron chi connectivity index (χ3n) is 5.23. The third kappa shape index (κ3) is 7.00. The maximum Gasteiger partial charge on any atom is 0.190 e. The number of piperidine rings is 1. The molecule has 0 bridgehead atoms. The molecule has 0 radical (unpaired) electrons. The molecule has 3 rings (SSSR count). The van der Waals surface area contributed by atoms with Crippen molar-refractivity contribution >= 4 is 17.3 Å². The number of guanidine groups is 1. The van der Waals surface area contributed by atoms with E-state index in [0.717, 1.165) is 44.4 Å². The largest absolute Gasteiger partial charge is 0.356 e. The van der Waals surface area contributed by atoms with Gasteiger partial charge in [0.1, 0.15) is 0 Å². The lowest BCUT2D eigenvalue weighted by Gasteiger charge is -2.32. The minimum absolute atomic E-state index is 0.743. The second-order valence-electron chi connectivity index (χ2n) is 7.27. The average molecular weight is 385 g/mol. The number of rotatable bonds is 8. The van der Waals surface area contributed by atoms with Gasteiger partial charge in [-0.05, 0) is 61.7 Å². The molecule has 146 valence electrons. The summed E-state index contributed by atoms with van der Waals surface area (Å²) in [6.45, 7) is 5.49. The van der Waals surface area contributed by atoms with Crippen molar-refractivity contribution in [2.45, 2.75) is 32.2 Å². The first-order valence-corrected chi connectivity index (χ1v) is 10.9. The predicted molar refractivity (Wildman–Crippen MR) is 116 cm³/mol. The summed E-state index contributed by atoms with van der Waals surface area (Å²) in [7, 11) is 1.86. The minimum Gasteiger partial charge on any atom is -0.356 e. The second kappa shape index (κ2) is 11.1. The lowest BCUT2D eigenvalue weighted by atomic mass is 9.97. The van der Waals surface area contributed by atoms with Crippen LogP contribution in [-0.4, -0.2) is 44.1 Å². The first-order valence-electron chi connectivity index (χ1n) is 10.1. The molecule has 1 aliphatic heterocycles. The molecule has 27 heavy (non-hydrogen) atoms. The van der Waals surface area contributed by atoms with Gasteiger partial charge in [-0.2, -0.15) is 0 Å². The minimum atomic E-state index is 0.743. The summed E-state index contributed by atoms with van der Waals surface area (Å²) in [5, 5.41) is 9.14. The molecule has 2 heterocycles. The van der Waals surface area contributed by atoms with Gasteiger partial charge in [0.25, 0.3) is 0 Å². The lowest BCUT2D eigenvalue weighted by molar-refractivity contribution is 0.179. The number of nitrogens with one attached hydrogen (secondary N) is 2. The number of nitrogens with zero attached hydrogens (tertiary/aromatic N) is 2. The Kier molecular flexibility index (Phi) is 8.18. The number of benzene rings is 1. The third-order valence-corrected chi connectivity index (χ3v) is 6.09. The van der Waals surface area contributed by atoms with Crippen molar-refractivity contribution in [2.75, 3.05) is 33.2 Å². The number of aryl methyl sites for hydroxylation is 1. The molecule has 0 amide bonds. The molecule has 0 atom stereocenters. The summed E-state index contributed by atoms with van der Waals surface area (Å²) in [5.41, 5.74) is 1.40. The summed E-state index contributed by atoms with van der Waals surface area (Å²) in [6, 6.07) is 15.1. The Balaban J connectivity index is 1.28. The predicted octanol–water partition coefficient (Wildman–Crippen LogP) is 3.76. The average Bonchev–Trinajstić information content (AvgIpc) is 3.22. The molecule has 4 nitrogen and oxygen atoms in total. The highest BCUT2D eigenvalue weighted by Gasteiger charge is 2.19. The van der Waals surface area contributed by atoms with Crippen molar-refractivity contribution in [3.63, 3.8) is 0 Å². The molecule has 0 unspecified atom stereocenters. The number of hydrogen-bond donors (Lipinski definition) is 2. The topological polar surface area (TPSA) is 39.7 Å². The van der Waals surface area contributed by atoms with E-state index in [1.54, 1.807) is 0 Å². The highest BCUT2D eigenvalue weighted by molar-refractivity contribution is 7.09. The van der Waals surface area contributed by atoms with Crippen LogP contribution in [0.15, 0.2) is 52.8 Å². The van der Waals surface area contributed by atoms with Crippen LogP contribution in [0.3, 0.4) is 0 Å². The van der Waals surface area contributed by atoms with Crippen LogP contribution in [0, 0.1) is 5.92 Å². The van der Waals surface area contributed by atoms with Crippen LogP contribution in [0.1, 0.15) is 29.7 Å². The summed E-state index contributed by atoms with van der Waals surface area (Å²) in [5.74, 6) is 1.68. The Hall–Kier alpha value is -1.85. The van der Waals surface area contributed by atoms with Crippen LogP contribution in [0.5, 0.6) is 0 Å². The standard InChI is InChI=1S/C22H32N4S/c1-23-22(24-13-5-9-19-7-3-2-4-8-19)25-17-20-11-14-26(15-12-20)18-21-10-6-16-27-21/h2-4,6-8,10,16,20H,5,9,11-15,17-18H2,1H3,(H2,23,24,25). The first kappa shape index (κ1) is 19.9. The molecule has 1 aromatic carbocycles. The fraction of sp³-hybridized carbons (Fsp3) is 0.500. The van der Waals surface area contributed by atoms with Crippen molar-refractivity contribution in [1.82, 2.24) is 15.5 Å². The van der Waals surface area contributed by atoms with Crippen LogP contribution in [0.4, 0.5) is 0 Å². The van der Waals surface area contributed by atoms with Crippen LogP contribution in [0.2, 0.25) is 0 Å². The highest BCUT2D eigenvalue weighted by atomic mass is 32.1. The van der Waals surface area contributed by atoms with E-state index >= 15 is 0 Å². The van der Waals surface area contributed by atoms with Gasteiger partial charge in [-0.25, -0.2) is 0 Å². The Bertz CT molecular complexity index is 661. The Morgan fingerprint density at radius 2 is 1.93 bits per heavy atom. The molecular weight excluding hydrogens is 352 g/mol. The van der Waals surface area contributed by atoms with E-state index in [0.29, 0.717) is 0 Å². The van der Waals surface area contributed by atoms with Gasteiger partial charge in [0.2, 0.25) is 0 Å². The zero-order chi connectivity index (χ0) is 18.7. The molecule has 0 spiro atoms. The molecule has 1 aliphatic rings. The molecule has 5 heteroatoms. The zero-order valence-electron chi connectivity index (χ0n) is 16.4. The molecule has 2 N–H and O–H groups in total. The molecular formula is C22H32N4S. The van der Waals surface area contributed by atoms with Gasteiger partial charge in [0.05, 0.1) is 0 Å². The molecule has 0 saturated carbocycles. The summed E-state index contributed by atoms with van der Waals surface area (Å²) >= 11 is 1.86. The van der Waals surface area contributed by atoms with E-state index in [1.165, 1.54) is 36.4 Å². The lowest BCUT2D eigenvalue weighted by Crippen LogP contribution is -2.43. The van der Waals surface area contributed by atoms with Crippen molar-refractivity contribution < 1.29 is 0 Å². The quantitative estimate of drug-likeness (QED) is 0.414. The fourth-order valence-corrected chi connectivity index (χ4v) is 4.32. The van der Waals surface area contributed by atoms with Crippen molar-refractivity contribution in [1.29, 1.82) is 0 Å². The summed E-state index contributed by atoms with van der Waals surface area (Å²) in [4.78, 5) is 8.43. The molecule has 0 aliphatic carbocycles. The first-order chi connectivity index (χ1) is 13.3. The number of hydrogen-bond acceptors (Lipinski definition) is 3. The van der Waals surface area contributed by atoms with Gasteiger partial charge in [-0.1, -0.05) is 36.4 Å². The number of likely N-dealkylation sites (tertiary alicyclic amines) is 1. The Morgan fingerprint density at radius 1 is 1.11 bits per heavy atom. The van der Waals surface area contributed by atoms with Gasteiger partial charge >= 0.3 is 0 Å². The zero-order valence-corrected chi connectivity index (χ0v) is 17.2.